The minimum atomic E-state index is -0.0719. The number of piperidine rings is 1. The Labute approximate surface area is 95.2 Å². The molecule has 1 atom stereocenters. The van der Waals surface area contributed by atoms with Crippen LogP contribution in [0, 0.1) is 6.92 Å². The summed E-state index contributed by atoms with van der Waals surface area (Å²) in [5.41, 5.74) is 1.50. The standard InChI is InChI=1S/C11H18N4O/c1-8-6-10(14-15(8)2)11(16)13-9-4-3-5-12-7-9/h6,9,12H,3-5,7H2,1-2H3,(H,13,16)/t9-/m0/s1. The number of hydrogen-bond donors (Lipinski definition) is 2. The van der Waals surface area contributed by atoms with Gasteiger partial charge in [-0.3, -0.25) is 9.48 Å². The summed E-state index contributed by atoms with van der Waals surface area (Å²) < 4.78 is 1.72. The smallest absolute Gasteiger partial charge is 0.272 e. The number of carbonyl (C=O) groups excluding carboxylic acids is 1. The lowest BCUT2D eigenvalue weighted by molar-refractivity contribution is 0.0925. The molecule has 1 aromatic heterocycles. The summed E-state index contributed by atoms with van der Waals surface area (Å²) in [7, 11) is 1.84. The van der Waals surface area contributed by atoms with E-state index in [1.165, 1.54) is 0 Å². The second-order valence-corrected chi connectivity index (χ2v) is 4.31. The first-order valence-corrected chi connectivity index (χ1v) is 5.69. The van der Waals surface area contributed by atoms with E-state index in [9.17, 15) is 4.79 Å². The SMILES string of the molecule is Cc1cc(C(=O)N[C@H]2CCCNC2)nn1C. The van der Waals surface area contributed by atoms with Gasteiger partial charge in [0.15, 0.2) is 0 Å². The van der Waals surface area contributed by atoms with Crippen molar-refractivity contribution in [1.29, 1.82) is 0 Å². The summed E-state index contributed by atoms with van der Waals surface area (Å²) in [4.78, 5) is 11.9. The summed E-state index contributed by atoms with van der Waals surface area (Å²) in [6.07, 6.45) is 2.16. The molecule has 16 heavy (non-hydrogen) atoms. The van der Waals surface area contributed by atoms with Gasteiger partial charge in [0.2, 0.25) is 0 Å². The van der Waals surface area contributed by atoms with E-state index in [1.54, 1.807) is 4.68 Å². The quantitative estimate of drug-likeness (QED) is 0.752. The minimum absolute atomic E-state index is 0.0719. The van der Waals surface area contributed by atoms with E-state index in [1.807, 2.05) is 20.0 Å². The lowest BCUT2D eigenvalue weighted by Gasteiger charge is -2.23. The van der Waals surface area contributed by atoms with E-state index in [0.29, 0.717) is 5.69 Å². The Balaban J connectivity index is 1.96. The van der Waals surface area contributed by atoms with Gasteiger partial charge in [-0.1, -0.05) is 0 Å². The fraction of sp³-hybridized carbons (Fsp3) is 0.636. The molecule has 88 valence electrons. The molecule has 1 aliphatic heterocycles. The molecule has 2 rings (SSSR count). The van der Waals surface area contributed by atoms with Gasteiger partial charge >= 0.3 is 0 Å². The second-order valence-electron chi connectivity index (χ2n) is 4.31. The van der Waals surface area contributed by atoms with Crippen molar-refractivity contribution in [3.63, 3.8) is 0 Å². The molecule has 0 saturated carbocycles. The van der Waals surface area contributed by atoms with Crippen LogP contribution in [0.25, 0.3) is 0 Å². The van der Waals surface area contributed by atoms with E-state index >= 15 is 0 Å². The highest BCUT2D eigenvalue weighted by atomic mass is 16.2. The molecule has 0 radical (unpaired) electrons. The maximum Gasteiger partial charge on any atom is 0.272 e. The van der Waals surface area contributed by atoms with Crippen LogP contribution in [0.15, 0.2) is 6.07 Å². The highest BCUT2D eigenvalue weighted by Gasteiger charge is 2.18. The van der Waals surface area contributed by atoms with Gasteiger partial charge in [-0.05, 0) is 32.4 Å². The summed E-state index contributed by atoms with van der Waals surface area (Å²) >= 11 is 0. The van der Waals surface area contributed by atoms with Gasteiger partial charge in [0.05, 0.1) is 0 Å². The van der Waals surface area contributed by atoms with Crippen molar-refractivity contribution in [2.24, 2.45) is 7.05 Å². The van der Waals surface area contributed by atoms with Gasteiger partial charge in [-0.15, -0.1) is 0 Å². The average molecular weight is 222 g/mol. The third-order valence-electron chi connectivity index (χ3n) is 2.98. The zero-order valence-electron chi connectivity index (χ0n) is 9.79. The Morgan fingerprint density at radius 1 is 1.69 bits per heavy atom. The zero-order chi connectivity index (χ0) is 11.5. The molecule has 0 aromatic carbocycles. The fourth-order valence-electron chi connectivity index (χ4n) is 1.91. The third kappa shape index (κ3) is 2.41. The molecular weight excluding hydrogens is 204 g/mol. The normalized spacial score (nSPS) is 20.8. The Hall–Kier alpha value is -1.36. The van der Waals surface area contributed by atoms with Crippen molar-refractivity contribution in [2.75, 3.05) is 13.1 Å². The number of amides is 1. The first-order chi connectivity index (χ1) is 7.66. The molecule has 2 N–H and O–H groups in total. The van der Waals surface area contributed by atoms with Crippen LogP contribution in [0.5, 0.6) is 0 Å². The van der Waals surface area contributed by atoms with Crippen LogP contribution < -0.4 is 10.6 Å². The van der Waals surface area contributed by atoms with E-state index in [-0.39, 0.29) is 11.9 Å². The largest absolute Gasteiger partial charge is 0.347 e. The topological polar surface area (TPSA) is 59.0 Å². The Kier molecular flexibility index (Phi) is 3.24. The molecule has 1 fully saturated rings. The second kappa shape index (κ2) is 4.65. The van der Waals surface area contributed by atoms with Gasteiger partial charge in [0, 0.05) is 25.3 Å². The fourth-order valence-corrected chi connectivity index (χ4v) is 1.91. The van der Waals surface area contributed by atoms with Crippen LogP contribution in [-0.4, -0.2) is 34.8 Å². The van der Waals surface area contributed by atoms with Gasteiger partial charge < -0.3 is 10.6 Å². The Morgan fingerprint density at radius 2 is 2.50 bits per heavy atom. The van der Waals surface area contributed by atoms with E-state index in [0.717, 1.165) is 31.6 Å². The molecule has 0 unspecified atom stereocenters. The van der Waals surface area contributed by atoms with Crippen LogP contribution in [0.2, 0.25) is 0 Å². The molecule has 0 aliphatic carbocycles. The van der Waals surface area contributed by atoms with Crippen molar-refractivity contribution in [1.82, 2.24) is 20.4 Å². The molecule has 2 heterocycles. The van der Waals surface area contributed by atoms with Crippen molar-refractivity contribution in [3.8, 4) is 0 Å². The highest BCUT2D eigenvalue weighted by Crippen LogP contribution is 2.05. The number of rotatable bonds is 2. The van der Waals surface area contributed by atoms with E-state index < -0.39 is 0 Å². The number of nitrogens with zero attached hydrogens (tertiary/aromatic N) is 2. The average Bonchev–Trinajstić information content (AvgIpc) is 2.61. The van der Waals surface area contributed by atoms with Gasteiger partial charge in [-0.25, -0.2) is 0 Å². The summed E-state index contributed by atoms with van der Waals surface area (Å²) in [6.45, 7) is 3.85. The first-order valence-electron chi connectivity index (χ1n) is 5.69. The lowest BCUT2D eigenvalue weighted by atomic mass is 10.1. The van der Waals surface area contributed by atoms with Gasteiger partial charge in [-0.2, -0.15) is 5.10 Å². The number of aromatic nitrogens is 2. The number of hydrogen-bond acceptors (Lipinski definition) is 3. The lowest BCUT2D eigenvalue weighted by Crippen LogP contribution is -2.45. The van der Waals surface area contributed by atoms with Crippen LogP contribution in [0.3, 0.4) is 0 Å². The molecular formula is C11H18N4O. The van der Waals surface area contributed by atoms with Crippen molar-refractivity contribution in [3.05, 3.63) is 17.5 Å². The van der Waals surface area contributed by atoms with Crippen LogP contribution in [0.1, 0.15) is 29.0 Å². The molecule has 1 saturated heterocycles. The molecule has 0 spiro atoms. The van der Waals surface area contributed by atoms with Gasteiger partial charge in [0.1, 0.15) is 5.69 Å². The zero-order valence-corrected chi connectivity index (χ0v) is 9.79. The number of nitrogens with one attached hydrogen (secondary N) is 2. The maximum atomic E-state index is 11.9. The van der Waals surface area contributed by atoms with Crippen molar-refractivity contribution in [2.45, 2.75) is 25.8 Å². The summed E-state index contributed by atoms with van der Waals surface area (Å²) in [5.74, 6) is -0.0719. The van der Waals surface area contributed by atoms with Crippen LogP contribution in [0.4, 0.5) is 0 Å². The molecule has 1 aliphatic rings. The summed E-state index contributed by atoms with van der Waals surface area (Å²) in [6, 6.07) is 2.05. The van der Waals surface area contributed by atoms with Crippen molar-refractivity contribution >= 4 is 5.91 Å². The highest BCUT2D eigenvalue weighted by molar-refractivity contribution is 5.92. The third-order valence-corrected chi connectivity index (χ3v) is 2.98. The van der Waals surface area contributed by atoms with Crippen LogP contribution >= 0.6 is 0 Å². The number of carbonyl (C=O) groups is 1. The molecule has 1 amide bonds. The van der Waals surface area contributed by atoms with Crippen LogP contribution in [-0.2, 0) is 7.05 Å². The first kappa shape index (κ1) is 11.1. The monoisotopic (exact) mass is 222 g/mol. The summed E-state index contributed by atoms with van der Waals surface area (Å²) in [5, 5.41) is 10.4. The predicted octanol–water partition coefficient (Wildman–Crippen LogP) is 0.210. The molecule has 0 bridgehead atoms. The van der Waals surface area contributed by atoms with E-state index in [4.69, 9.17) is 0 Å². The minimum Gasteiger partial charge on any atom is -0.347 e. The molecule has 5 heteroatoms. The predicted molar refractivity (Wildman–Crippen MR) is 61.3 cm³/mol. The Bertz CT molecular complexity index is 360. The van der Waals surface area contributed by atoms with Gasteiger partial charge in [0.25, 0.3) is 5.91 Å². The van der Waals surface area contributed by atoms with Crippen molar-refractivity contribution < 1.29 is 4.79 Å². The Morgan fingerprint density at radius 3 is 3.06 bits per heavy atom. The molecule has 1 aromatic rings. The number of aryl methyl sites for hydroxylation is 2. The maximum absolute atomic E-state index is 11.9. The molecule has 5 nitrogen and oxygen atoms in total. The van der Waals surface area contributed by atoms with E-state index in [2.05, 4.69) is 15.7 Å².